The highest BCUT2D eigenvalue weighted by atomic mass is 16.6. The van der Waals surface area contributed by atoms with Crippen molar-refractivity contribution in [2.75, 3.05) is 0 Å². The van der Waals surface area contributed by atoms with Crippen molar-refractivity contribution in [1.82, 2.24) is 0 Å². The maximum absolute atomic E-state index is 10.7. The molecule has 1 atom stereocenters. The first-order valence-electron chi connectivity index (χ1n) is 6.84. The normalized spacial score (nSPS) is 12.0. The van der Waals surface area contributed by atoms with E-state index in [1.54, 1.807) is 30.5 Å². The molecule has 0 amide bonds. The van der Waals surface area contributed by atoms with Crippen LogP contribution in [0.25, 0.3) is 0 Å². The van der Waals surface area contributed by atoms with Crippen molar-refractivity contribution in [2.45, 2.75) is 19.6 Å². The number of ether oxygens (including phenoxy) is 1. The van der Waals surface area contributed by atoms with Crippen LogP contribution in [-0.2, 0) is 16.2 Å². The van der Waals surface area contributed by atoms with Gasteiger partial charge in [-0.1, -0.05) is 35.5 Å². The van der Waals surface area contributed by atoms with Gasteiger partial charge < -0.3 is 14.7 Å². The quantitative estimate of drug-likeness (QED) is 0.630. The van der Waals surface area contributed by atoms with E-state index in [2.05, 4.69) is 5.16 Å². The lowest BCUT2D eigenvalue weighted by Gasteiger charge is -2.09. The molecule has 0 aromatic heterocycles. The molecule has 0 aliphatic heterocycles. The van der Waals surface area contributed by atoms with Crippen molar-refractivity contribution >= 4 is 12.2 Å². The molecule has 1 N–H and O–H groups in total. The van der Waals surface area contributed by atoms with Crippen molar-refractivity contribution in [3.63, 3.8) is 0 Å². The topological polar surface area (TPSA) is 68.1 Å². The molecule has 22 heavy (non-hydrogen) atoms. The van der Waals surface area contributed by atoms with E-state index < -0.39 is 12.1 Å². The Hall–Kier alpha value is -2.82. The fourth-order valence-electron chi connectivity index (χ4n) is 1.67. The molecule has 0 saturated heterocycles. The summed E-state index contributed by atoms with van der Waals surface area (Å²) in [5.41, 5.74) is 1.88. The molecular weight excluding hydrogens is 282 g/mol. The van der Waals surface area contributed by atoms with Crippen LogP contribution >= 0.6 is 0 Å². The number of carbonyl (C=O) groups is 1. The number of hydrogen-bond acceptors (Lipinski definition) is 4. The molecule has 0 fully saturated rings. The first kappa shape index (κ1) is 15.6. The number of hydrogen-bond donors (Lipinski definition) is 1. The number of benzene rings is 2. The van der Waals surface area contributed by atoms with Gasteiger partial charge in [0, 0.05) is 0 Å². The molecule has 0 heterocycles. The lowest BCUT2D eigenvalue weighted by Crippen LogP contribution is -2.22. The zero-order chi connectivity index (χ0) is 15.8. The Balaban J connectivity index is 1.83. The Morgan fingerprint density at radius 3 is 2.50 bits per heavy atom. The highest BCUT2D eigenvalue weighted by Crippen LogP contribution is 2.13. The molecular formula is C17H17NO4. The van der Waals surface area contributed by atoms with Gasteiger partial charge in [0.2, 0.25) is 0 Å². The molecule has 0 bridgehead atoms. The van der Waals surface area contributed by atoms with Crippen LogP contribution in [0.3, 0.4) is 0 Å². The minimum absolute atomic E-state index is 0.411. The summed E-state index contributed by atoms with van der Waals surface area (Å²) >= 11 is 0. The van der Waals surface area contributed by atoms with Crippen molar-refractivity contribution in [3.05, 3.63) is 65.7 Å². The van der Waals surface area contributed by atoms with Crippen molar-refractivity contribution in [2.24, 2.45) is 5.16 Å². The summed E-state index contributed by atoms with van der Waals surface area (Å²) in [6.45, 7) is 1.89. The second kappa shape index (κ2) is 7.83. The monoisotopic (exact) mass is 299 g/mol. The fourth-order valence-corrected chi connectivity index (χ4v) is 1.67. The van der Waals surface area contributed by atoms with Gasteiger partial charge in [0.25, 0.3) is 0 Å². The van der Waals surface area contributed by atoms with Gasteiger partial charge in [0.1, 0.15) is 12.4 Å². The molecule has 114 valence electrons. The van der Waals surface area contributed by atoms with Gasteiger partial charge in [-0.05, 0) is 42.3 Å². The fraction of sp³-hybridized carbons (Fsp3) is 0.176. The number of carboxylic acid groups (broad SMARTS) is 1. The summed E-state index contributed by atoms with van der Waals surface area (Å²) in [7, 11) is 0. The van der Waals surface area contributed by atoms with Crippen molar-refractivity contribution < 1.29 is 19.5 Å². The van der Waals surface area contributed by atoms with Crippen molar-refractivity contribution in [1.29, 1.82) is 0 Å². The third-order valence-corrected chi connectivity index (χ3v) is 2.89. The maximum atomic E-state index is 10.7. The van der Waals surface area contributed by atoms with Crippen molar-refractivity contribution in [3.8, 4) is 5.75 Å². The smallest absolute Gasteiger partial charge is 0.344 e. The zero-order valence-corrected chi connectivity index (χ0v) is 12.2. The van der Waals surface area contributed by atoms with Gasteiger partial charge in [0.05, 0.1) is 6.21 Å². The summed E-state index contributed by atoms with van der Waals surface area (Å²) in [6.07, 6.45) is 0.710. The third kappa shape index (κ3) is 4.94. The summed E-state index contributed by atoms with van der Waals surface area (Å²) in [5.74, 6) is -0.503. The van der Waals surface area contributed by atoms with E-state index in [9.17, 15) is 4.79 Å². The largest absolute Gasteiger partial charge is 0.479 e. The molecule has 0 aliphatic rings. The van der Waals surface area contributed by atoms with Crippen LogP contribution in [0.1, 0.15) is 18.1 Å². The summed E-state index contributed by atoms with van der Waals surface area (Å²) in [6, 6.07) is 16.7. The third-order valence-electron chi connectivity index (χ3n) is 2.89. The second-order valence-electron chi connectivity index (χ2n) is 4.66. The summed E-state index contributed by atoms with van der Waals surface area (Å²) in [5, 5.41) is 12.7. The molecule has 0 aliphatic carbocycles. The zero-order valence-electron chi connectivity index (χ0n) is 12.2. The highest BCUT2D eigenvalue weighted by molar-refractivity contribution is 5.79. The minimum Gasteiger partial charge on any atom is -0.479 e. The first-order valence-corrected chi connectivity index (χ1v) is 6.84. The van der Waals surface area contributed by atoms with E-state index >= 15 is 0 Å². The molecule has 0 radical (unpaired) electrons. The lowest BCUT2D eigenvalue weighted by molar-refractivity contribution is -0.144. The molecule has 2 aromatic rings. The number of nitrogens with zero attached hydrogens (tertiary/aromatic N) is 1. The van der Waals surface area contributed by atoms with Crippen LogP contribution in [0.2, 0.25) is 0 Å². The Morgan fingerprint density at radius 1 is 1.18 bits per heavy atom. The predicted molar refractivity (Wildman–Crippen MR) is 83.0 cm³/mol. The first-order chi connectivity index (χ1) is 10.6. The molecule has 0 unspecified atom stereocenters. The Bertz CT molecular complexity index is 623. The van der Waals surface area contributed by atoms with Crippen LogP contribution in [-0.4, -0.2) is 23.4 Å². The average Bonchev–Trinajstić information content (AvgIpc) is 2.54. The summed E-state index contributed by atoms with van der Waals surface area (Å²) in [4.78, 5) is 15.9. The van der Waals surface area contributed by atoms with Crippen LogP contribution in [0.5, 0.6) is 5.75 Å². The predicted octanol–water partition coefficient (Wildman–Crippen LogP) is 3.09. The van der Waals surface area contributed by atoms with Gasteiger partial charge in [-0.3, -0.25) is 0 Å². The van der Waals surface area contributed by atoms with Gasteiger partial charge in [-0.2, -0.15) is 0 Å². The number of rotatable bonds is 7. The Labute approximate surface area is 128 Å². The average molecular weight is 299 g/mol. The Kier molecular flexibility index (Phi) is 5.54. The minimum atomic E-state index is -1.00. The van der Waals surface area contributed by atoms with E-state index in [0.29, 0.717) is 12.4 Å². The molecule has 2 aromatic carbocycles. The molecule has 0 spiro atoms. The number of carboxylic acids is 1. The molecule has 2 rings (SSSR count). The second-order valence-corrected chi connectivity index (χ2v) is 4.66. The van der Waals surface area contributed by atoms with E-state index in [1.165, 1.54) is 6.92 Å². The number of aliphatic carboxylic acids is 1. The van der Waals surface area contributed by atoms with Gasteiger partial charge in [-0.25, -0.2) is 4.79 Å². The lowest BCUT2D eigenvalue weighted by atomic mass is 10.2. The van der Waals surface area contributed by atoms with Crippen LogP contribution in [0, 0.1) is 0 Å². The van der Waals surface area contributed by atoms with E-state index in [1.807, 2.05) is 30.3 Å². The molecule has 5 nitrogen and oxygen atoms in total. The van der Waals surface area contributed by atoms with E-state index in [4.69, 9.17) is 14.7 Å². The van der Waals surface area contributed by atoms with Gasteiger partial charge >= 0.3 is 5.97 Å². The van der Waals surface area contributed by atoms with E-state index in [0.717, 1.165) is 11.1 Å². The van der Waals surface area contributed by atoms with Gasteiger partial charge in [-0.15, -0.1) is 0 Å². The van der Waals surface area contributed by atoms with Crippen LogP contribution in [0.4, 0.5) is 0 Å². The molecule has 5 heteroatoms. The SMILES string of the molecule is C[C@@H](Oc1ccc(/C=N/OCc2ccccc2)cc1)C(=O)O. The van der Waals surface area contributed by atoms with E-state index in [-0.39, 0.29) is 0 Å². The standard InChI is InChI=1S/C17H17NO4/c1-13(17(19)20)22-16-9-7-14(8-10-16)11-18-21-12-15-5-3-2-4-6-15/h2-11,13H,12H2,1H3,(H,19,20)/b18-11+/t13-/m1/s1. The highest BCUT2D eigenvalue weighted by Gasteiger charge is 2.11. The molecule has 0 saturated carbocycles. The van der Waals surface area contributed by atoms with Crippen LogP contribution in [0.15, 0.2) is 59.8 Å². The van der Waals surface area contributed by atoms with Gasteiger partial charge in [0.15, 0.2) is 6.10 Å². The summed E-state index contributed by atoms with van der Waals surface area (Å²) < 4.78 is 5.24. The number of oxime groups is 1. The maximum Gasteiger partial charge on any atom is 0.344 e. The Morgan fingerprint density at radius 2 is 1.86 bits per heavy atom. The van der Waals surface area contributed by atoms with Crippen LogP contribution < -0.4 is 4.74 Å².